The van der Waals surface area contributed by atoms with Crippen molar-refractivity contribution in [3.05, 3.63) is 36.0 Å². The second kappa shape index (κ2) is 6.47. The van der Waals surface area contributed by atoms with Crippen molar-refractivity contribution in [3.8, 4) is 0 Å². The van der Waals surface area contributed by atoms with Crippen LogP contribution in [0.15, 0.2) is 35.5 Å². The highest BCUT2D eigenvalue weighted by Crippen LogP contribution is 2.16. The van der Waals surface area contributed by atoms with Crippen LogP contribution in [0.4, 0.5) is 0 Å². The van der Waals surface area contributed by atoms with Crippen LogP contribution >= 0.6 is 0 Å². The minimum absolute atomic E-state index is 0.126. The van der Waals surface area contributed by atoms with Crippen LogP contribution in [0.5, 0.6) is 0 Å². The van der Waals surface area contributed by atoms with E-state index in [0.717, 1.165) is 12.0 Å². The Balaban J connectivity index is 2.10. The van der Waals surface area contributed by atoms with E-state index in [2.05, 4.69) is 24.1 Å². The number of hydrogen-bond acceptors (Lipinski definition) is 4. The lowest BCUT2D eigenvalue weighted by Gasteiger charge is -2.22. The standard InChI is InChI=1S/C14H21N3O2S/c1-12(2)15-10-13-6-7-14(16-11-13)20(18,19)17-8-4-3-5-9-17/h3-4,6-7,11-12,15H,5,8-10H2,1-2H3. The predicted molar refractivity (Wildman–Crippen MR) is 78.7 cm³/mol. The Morgan fingerprint density at radius 1 is 1.35 bits per heavy atom. The molecule has 0 aliphatic carbocycles. The molecular formula is C14H21N3O2S. The molecule has 0 unspecified atom stereocenters. The van der Waals surface area contributed by atoms with Crippen LogP contribution in [0, 0.1) is 0 Å². The maximum absolute atomic E-state index is 12.4. The number of hydrogen-bond donors (Lipinski definition) is 1. The molecule has 1 aromatic heterocycles. The average molecular weight is 295 g/mol. The molecule has 110 valence electrons. The molecule has 6 heteroatoms. The molecule has 0 fully saturated rings. The van der Waals surface area contributed by atoms with E-state index in [1.54, 1.807) is 12.3 Å². The Bertz CT molecular complexity index is 565. The van der Waals surface area contributed by atoms with Gasteiger partial charge in [-0.15, -0.1) is 0 Å². The van der Waals surface area contributed by atoms with Gasteiger partial charge in [0.15, 0.2) is 5.03 Å². The smallest absolute Gasteiger partial charge is 0.260 e. The van der Waals surface area contributed by atoms with E-state index in [0.29, 0.717) is 25.7 Å². The third kappa shape index (κ3) is 3.65. The molecule has 2 heterocycles. The molecule has 0 saturated carbocycles. The summed E-state index contributed by atoms with van der Waals surface area (Å²) in [7, 11) is -3.46. The van der Waals surface area contributed by atoms with Gasteiger partial charge in [-0.2, -0.15) is 4.31 Å². The lowest BCUT2D eigenvalue weighted by Crippen LogP contribution is -2.34. The average Bonchev–Trinajstić information content (AvgIpc) is 2.46. The third-order valence-corrected chi connectivity index (χ3v) is 4.92. The summed E-state index contributed by atoms with van der Waals surface area (Å²) >= 11 is 0. The van der Waals surface area contributed by atoms with Crippen molar-refractivity contribution in [2.45, 2.75) is 37.9 Å². The normalized spacial score (nSPS) is 16.8. The maximum atomic E-state index is 12.4. The molecule has 2 rings (SSSR count). The van der Waals surface area contributed by atoms with Gasteiger partial charge >= 0.3 is 0 Å². The van der Waals surface area contributed by atoms with E-state index in [-0.39, 0.29) is 5.03 Å². The molecule has 1 aromatic rings. The van der Waals surface area contributed by atoms with Gasteiger partial charge in [-0.3, -0.25) is 0 Å². The number of aromatic nitrogens is 1. The van der Waals surface area contributed by atoms with E-state index < -0.39 is 10.0 Å². The predicted octanol–water partition coefficient (Wildman–Crippen LogP) is 1.53. The highest BCUT2D eigenvalue weighted by atomic mass is 32.2. The van der Waals surface area contributed by atoms with Gasteiger partial charge < -0.3 is 5.32 Å². The first-order chi connectivity index (χ1) is 9.50. The fourth-order valence-corrected chi connectivity index (χ4v) is 3.28. The summed E-state index contributed by atoms with van der Waals surface area (Å²) in [5.74, 6) is 0. The Kier molecular flexibility index (Phi) is 4.91. The largest absolute Gasteiger partial charge is 0.310 e. The lowest BCUT2D eigenvalue weighted by molar-refractivity contribution is 0.435. The molecular weight excluding hydrogens is 274 g/mol. The number of pyridine rings is 1. The Hall–Kier alpha value is -1.24. The fraction of sp³-hybridized carbons (Fsp3) is 0.500. The summed E-state index contributed by atoms with van der Waals surface area (Å²) in [6, 6.07) is 3.79. The van der Waals surface area contributed by atoms with Gasteiger partial charge in [-0.25, -0.2) is 13.4 Å². The quantitative estimate of drug-likeness (QED) is 0.837. The third-order valence-electron chi connectivity index (χ3n) is 3.14. The molecule has 5 nitrogen and oxygen atoms in total. The molecule has 0 amide bonds. The van der Waals surface area contributed by atoms with Gasteiger partial charge in [-0.05, 0) is 18.1 Å². The minimum atomic E-state index is -3.46. The van der Waals surface area contributed by atoms with E-state index >= 15 is 0 Å². The van der Waals surface area contributed by atoms with Crippen molar-refractivity contribution in [2.75, 3.05) is 13.1 Å². The molecule has 0 spiro atoms. The zero-order chi connectivity index (χ0) is 14.6. The SMILES string of the molecule is CC(C)NCc1ccc(S(=O)(=O)N2CC=CCC2)nc1. The Morgan fingerprint density at radius 3 is 2.70 bits per heavy atom. The van der Waals surface area contributed by atoms with Gasteiger partial charge in [0, 0.05) is 31.9 Å². The zero-order valence-corrected chi connectivity index (χ0v) is 12.7. The molecule has 1 N–H and O–H groups in total. The van der Waals surface area contributed by atoms with Crippen molar-refractivity contribution in [1.82, 2.24) is 14.6 Å². The Morgan fingerprint density at radius 2 is 2.15 bits per heavy atom. The van der Waals surface area contributed by atoms with E-state index in [1.165, 1.54) is 4.31 Å². The summed E-state index contributed by atoms with van der Waals surface area (Å²) in [5.41, 5.74) is 0.983. The molecule has 20 heavy (non-hydrogen) atoms. The number of sulfonamides is 1. The minimum Gasteiger partial charge on any atom is -0.310 e. The summed E-state index contributed by atoms with van der Waals surface area (Å²) in [4.78, 5) is 4.11. The van der Waals surface area contributed by atoms with E-state index in [9.17, 15) is 8.42 Å². The van der Waals surface area contributed by atoms with Gasteiger partial charge in [0.25, 0.3) is 10.0 Å². The monoisotopic (exact) mass is 295 g/mol. The lowest BCUT2D eigenvalue weighted by atomic mass is 10.2. The summed E-state index contributed by atoms with van der Waals surface area (Å²) in [6.45, 7) is 5.78. The highest BCUT2D eigenvalue weighted by molar-refractivity contribution is 7.89. The van der Waals surface area contributed by atoms with Crippen LogP contribution in [0.1, 0.15) is 25.8 Å². The van der Waals surface area contributed by atoms with Crippen LogP contribution < -0.4 is 5.32 Å². The van der Waals surface area contributed by atoms with Crippen LogP contribution in [0.2, 0.25) is 0 Å². The van der Waals surface area contributed by atoms with Gasteiger partial charge in [0.05, 0.1) is 0 Å². The van der Waals surface area contributed by atoms with Gasteiger partial charge in [-0.1, -0.05) is 32.1 Å². The zero-order valence-electron chi connectivity index (χ0n) is 11.9. The van der Waals surface area contributed by atoms with Crippen molar-refractivity contribution >= 4 is 10.0 Å². The topological polar surface area (TPSA) is 62.3 Å². The second-order valence-corrected chi connectivity index (χ2v) is 7.05. The summed E-state index contributed by atoms with van der Waals surface area (Å²) < 4.78 is 26.2. The number of nitrogens with one attached hydrogen (secondary N) is 1. The maximum Gasteiger partial charge on any atom is 0.260 e. The molecule has 1 aliphatic heterocycles. The first kappa shape index (κ1) is 15.2. The van der Waals surface area contributed by atoms with Crippen molar-refractivity contribution in [3.63, 3.8) is 0 Å². The molecule has 0 aromatic carbocycles. The number of rotatable bonds is 5. The first-order valence-electron chi connectivity index (χ1n) is 6.83. The Labute approximate surface area is 120 Å². The van der Waals surface area contributed by atoms with Crippen molar-refractivity contribution in [2.24, 2.45) is 0 Å². The molecule has 1 aliphatic rings. The van der Waals surface area contributed by atoms with Gasteiger partial charge in [0.2, 0.25) is 0 Å². The molecule has 0 bridgehead atoms. The van der Waals surface area contributed by atoms with Crippen molar-refractivity contribution < 1.29 is 8.42 Å². The van der Waals surface area contributed by atoms with E-state index in [4.69, 9.17) is 0 Å². The molecule has 0 saturated heterocycles. The van der Waals surface area contributed by atoms with Crippen LogP contribution in [0.25, 0.3) is 0 Å². The van der Waals surface area contributed by atoms with Gasteiger partial charge in [0.1, 0.15) is 0 Å². The first-order valence-corrected chi connectivity index (χ1v) is 8.27. The van der Waals surface area contributed by atoms with Crippen molar-refractivity contribution in [1.29, 1.82) is 0 Å². The fourth-order valence-electron chi connectivity index (χ4n) is 1.96. The molecule has 0 radical (unpaired) electrons. The molecule has 0 atom stereocenters. The van der Waals surface area contributed by atoms with Crippen LogP contribution in [-0.2, 0) is 16.6 Å². The number of nitrogens with zero attached hydrogens (tertiary/aromatic N) is 2. The van der Waals surface area contributed by atoms with E-state index in [1.807, 2.05) is 18.2 Å². The summed E-state index contributed by atoms with van der Waals surface area (Å²) in [5, 5.41) is 3.40. The van der Waals surface area contributed by atoms with Crippen LogP contribution in [0.3, 0.4) is 0 Å². The summed E-state index contributed by atoms with van der Waals surface area (Å²) in [6.07, 6.45) is 6.26. The second-order valence-electron chi connectivity index (χ2n) is 5.16. The van der Waals surface area contributed by atoms with Crippen LogP contribution in [-0.4, -0.2) is 36.8 Å². The highest BCUT2D eigenvalue weighted by Gasteiger charge is 2.25.